The summed E-state index contributed by atoms with van der Waals surface area (Å²) in [7, 11) is 0. The molecule has 1 heterocycles. The van der Waals surface area contributed by atoms with Crippen LogP contribution in [0.15, 0.2) is 65.8 Å². The minimum atomic E-state index is 0.405. The number of aromatic nitrogens is 2. The molecule has 7 heteroatoms. The molecule has 3 rings (SSSR count). The molecule has 0 radical (unpaired) electrons. The van der Waals surface area contributed by atoms with Gasteiger partial charge in [-0.3, -0.25) is 0 Å². The lowest BCUT2D eigenvalue weighted by atomic mass is 10.2. The highest BCUT2D eigenvalue weighted by Crippen LogP contribution is 2.30. The zero-order valence-electron chi connectivity index (χ0n) is 15.0. The number of rotatable bonds is 6. The maximum absolute atomic E-state index is 9.39. The molecule has 0 unspecified atom stereocenters. The molecule has 0 atom stereocenters. The summed E-state index contributed by atoms with van der Waals surface area (Å²) in [5.41, 5.74) is 1.93. The van der Waals surface area contributed by atoms with Crippen molar-refractivity contribution >= 4 is 29.5 Å². The third-order valence-electron chi connectivity index (χ3n) is 3.63. The number of benzene rings is 2. The number of nitrogens with zero attached hydrogens (tertiary/aromatic N) is 4. The van der Waals surface area contributed by atoms with Crippen molar-refractivity contribution in [1.29, 1.82) is 10.5 Å². The van der Waals surface area contributed by atoms with Crippen molar-refractivity contribution in [3.8, 4) is 23.6 Å². The van der Waals surface area contributed by atoms with Crippen LogP contribution in [-0.4, -0.2) is 16.2 Å². The number of anilines is 2. The molecule has 1 aromatic heterocycles. The van der Waals surface area contributed by atoms with Crippen molar-refractivity contribution < 1.29 is 4.74 Å². The molecule has 0 spiro atoms. The van der Waals surface area contributed by atoms with Crippen LogP contribution in [0.2, 0.25) is 0 Å². The third kappa shape index (κ3) is 4.88. The average molecular weight is 385 g/mol. The van der Waals surface area contributed by atoms with E-state index < -0.39 is 0 Å². The van der Waals surface area contributed by atoms with E-state index in [-0.39, 0.29) is 0 Å². The minimum absolute atomic E-state index is 0.405. The summed E-state index contributed by atoms with van der Waals surface area (Å²) in [5, 5.41) is 22.0. The highest BCUT2D eigenvalue weighted by Gasteiger charge is 2.08. The number of nitrogens with one attached hydrogen (secondary N) is 1. The average Bonchev–Trinajstić information content (AvgIpc) is 2.73. The first-order valence-corrected chi connectivity index (χ1v) is 9.46. The molecule has 0 saturated carbocycles. The van der Waals surface area contributed by atoms with Crippen LogP contribution in [0.5, 0.6) is 11.5 Å². The van der Waals surface area contributed by atoms with E-state index in [0.29, 0.717) is 28.7 Å². The molecule has 0 bridgehead atoms. The number of ether oxygens (including phenoxy) is 1. The van der Waals surface area contributed by atoms with Gasteiger partial charge < -0.3 is 10.1 Å². The fourth-order valence-corrected chi connectivity index (χ4v) is 2.74. The molecule has 0 fully saturated rings. The van der Waals surface area contributed by atoms with Crippen LogP contribution in [0.3, 0.4) is 0 Å². The van der Waals surface area contributed by atoms with Gasteiger partial charge in [-0.15, -0.1) is 11.8 Å². The highest BCUT2D eigenvalue weighted by atomic mass is 32.2. The first kappa shape index (κ1) is 19.0. The van der Waals surface area contributed by atoms with Gasteiger partial charge in [-0.05, 0) is 48.2 Å². The van der Waals surface area contributed by atoms with Crippen LogP contribution in [-0.2, 0) is 0 Å². The van der Waals surface area contributed by atoms with E-state index in [1.165, 1.54) is 17.8 Å². The van der Waals surface area contributed by atoms with E-state index in [9.17, 15) is 5.26 Å². The standard InChI is InChI=1S/C21H15N5OS/c1-28-20-9-11-24-21(26-20)25-17-8-7-16(14-23)19(13-17)27-18-6-2-4-15(12-18)5-3-10-22/h2-9,11-13H,1H3,(H,24,25,26)/b5-3+. The zero-order valence-corrected chi connectivity index (χ0v) is 15.8. The van der Waals surface area contributed by atoms with E-state index in [2.05, 4.69) is 21.4 Å². The second-order valence-corrected chi connectivity index (χ2v) is 6.33. The Balaban J connectivity index is 1.86. The maximum atomic E-state index is 9.39. The first-order valence-electron chi connectivity index (χ1n) is 8.24. The molecular formula is C21H15N5OS. The van der Waals surface area contributed by atoms with Gasteiger partial charge in [-0.1, -0.05) is 12.1 Å². The van der Waals surface area contributed by atoms with E-state index in [4.69, 9.17) is 10.00 Å². The lowest BCUT2D eigenvalue weighted by Crippen LogP contribution is -1.98. The molecule has 0 aliphatic heterocycles. The first-order chi connectivity index (χ1) is 13.7. The summed E-state index contributed by atoms with van der Waals surface area (Å²) < 4.78 is 5.92. The molecule has 28 heavy (non-hydrogen) atoms. The summed E-state index contributed by atoms with van der Waals surface area (Å²) in [6.07, 6.45) is 6.71. The monoisotopic (exact) mass is 385 g/mol. The van der Waals surface area contributed by atoms with Crippen LogP contribution in [0.4, 0.5) is 11.6 Å². The fraction of sp³-hybridized carbons (Fsp3) is 0.0476. The SMILES string of the molecule is CSc1ccnc(Nc2ccc(C#N)c(Oc3cccc(/C=C/C#N)c3)c2)n1. The molecule has 0 saturated heterocycles. The van der Waals surface area contributed by atoms with Gasteiger partial charge in [0.15, 0.2) is 0 Å². The number of hydrogen-bond acceptors (Lipinski definition) is 7. The number of allylic oxidation sites excluding steroid dienone is 1. The molecule has 0 aliphatic carbocycles. The maximum Gasteiger partial charge on any atom is 0.228 e. The Bertz CT molecular complexity index is 1100. The largest absolute Gasteiger partial charge is 0.456 e. The molecule has 136 valence electrons. The molecule has 1 N–H and O–H groups in total. The lowest BCUT2D eigenvalue weighted by molar-refractivity contribution is 0.481. The highest BCUT2D eigenvalue weighted by molar-refractivity contribution is 7.98. The number of thioether (sulfide) groups is 1. The van der Waals surface area contributed by atoms with E-state index in [1.807, 2.05) is 30.5 Å². The Hall–Kier alpha value is -3.81. The molecule has 3 aromatic rings. The van der Waals surface area contributed by atoms with Crippen molar-refractivity contribution in [1.82, 2.24) is 9.97 Å². The Morgan fingerprint density at radius 2 is 2.04 bits per heavy atom. The van der Waals surface area contributed by atoms with Crippen LogP contribution >= 0.6 is 11.8 Å². The Morgan fingerprint density at radius 3 is 2.82 bits per heavy atom. The van der Waals surface area contributed by atoms with E-state index in [0.717, 1.165) is 10.6 Å². The number of nitriles is 2. The van der Waals surface area contributed by atoms with Gasteiger partial charge in [0.25, 0.3) is 0 Å². The van der Waals surface area contributed by atoms with Gasteiger partial charge in [-0.2, -0.15) is 10.5 Å². The van der Waals surface area contributed by atoms with E-state index >= 15 is 0 Å². The van der Waals surface area contributed by atoms with E-state index in [1.54, 1.807) is 42.6 Å². The summed E-state index contributed by atoms with van der Waals surface area (Å²) >= 11 is 1.53. The Labute approximate surface area is 167 Å². The van der Waals surface area contributed by atoms with Crippen molar-refractivity contribution in [2.24, 2.45) is 0 Å². The third-order valence-corrected chi connectivity index (χ3v) is 4.28. The second-order valence-electron chi connectivity index (χ2n) is 5.51. The molecular weight excluding hydrogens is 370 g/mol. The van der Waals surface area contributed by atoms with Crippen molar-refractivity contribution in [3.05, 3.63) is 71.9 Å². The smallest absolute Gasteiger partial charge is 0.228 e. The van der Waals surface area contributed by atoms with Gasteiger partial charge in [0.05, 0.1) is 11.6 Å². The molecule has 0 aliphatic rings. The van der Waals surface area contributed by atoms with Gasteiger partial charge in [0, 0.05) is 24.0 Å². The minimum Gasteiger partial charge on any atom is -0.456 e. The van der Waals surface area contributed by atoms with Gasteiger partial charge in [0.2, 0.25) is 5.95 Å². The normalized spacial score (nSPS) is 10.2. The molecule has 2 aromatic carbocycles. The van der Waals surface area contributed by atoms with Crippen molar-refractivity contribution in [2.45, 2.75) is 5.03 Å². The zero-order chi connectivity index (χ0) is 19.8. The topological polar surface area (TPSA) is 94.6 Å². The van der Waals surface area contributed by atoms with Crippen LogP contribution in [0, 0.1) is 22.7 Å². The van der Waals surface area contributed by atoms with Gasteiger partial charge in [-0.25, -0.2) is 9.97 Å². The molecule has 0 amide bonds. The lowest BCUT2D eigenvalue weighted by Gasteiger charge is -2.11. The van der Waals surface area contributed by atoms with Crippen LogP contribution in [0.25, 0.3) is 6.08 Å². The Morgan fingerprint density at radius 1 is 1.14 bits per heavy atom. The number of hydrogen-bond donors (Lipinski definition) is 1. The van der Waals surface area contributed by atoms with Crippen LogP contribution in [0.1, 0.15) is 11.1 Å². The quantitative estimate of drug-likeness (QED) is 0.356. The summed E-state index contributed by atoms with van der Waals surface area (Å²) in [6.45, 7) is 0. The van der Waals surface area contributed by atoms with Crippen molar-refractivity contribution in [2.75, 3.05) is 11.6 Å². The summed E-state index contributed by atoms with van der Waals surface area (Å²) in [4.78, 5) is 8.59. The summed E-state index contributed by atoms with van der Waals surface area (Å²) in [6, 6.07) is 18.4. The Kier molecular flexibility index (Phi) is 6.25. The molecule has 6 nitrogen and oxygen atoms in total. The fourth-order valence-electron chi connectivity index (χ4n) is 2.36. The summed E-state index contributed by atoms with van der Waals surface area (Å²) in [5.74, 6) is 1.44. The predicted molar refractivity (Wildman–Crippen MR) is 109 cm³/mol. The second kappa shape index (κ2) is 9.22. The van der Waals surface area contributed by atoms with Gasteiger partial charge in [0.1, 0.15) is 22.6 Å². The van der Waals surface area contributed by atoms with Gasteiger partial charge >= 0.3 is 0 Å². The van der Waals surface area contributed by atoms with Crippen molar-refractivity contribution in [3.63, 3.8) is 0 Å². The van der Waals surface area contributed by atoms with Crippen LogP contribution < -0.4 is 10.1 Å². The predicted octanol–water partition coefficient (Wildman–Crippen LogP) is 5.14.